The highest BCUT2D eigenvalue weighted by Gasteiger charge is 2.20. The summed E-state index contributed by atoms with van der Waals surface area (Å²) in [5.41, 5.74) is 4.50. The molecule has 7 heteroatoms. The van der Waals surface area contributed by atoms with Gasteiger partial charge in [-0.25, -0.2) is 9.18 Å². The van der Waals surface area contributed by atoms with Crippen LogP contribution in [0, 0.1) is 5.82 Å². The smallest absolute Gasteiger partial charge is 0.341 e. The van der Waals surface area contributed by atoms with E-state index in [0.717, 1.165) is 6.07 Å². The van der Waals surface area contributed by atoms with E-state index in [4.69, 9.17) is 27.2 Å². The summed E-state index contributed by atoms with van der Waals surface area (Å²) < 4.78 is 19.5. The standard InChI is InChI=1S/C13H8BrClFNO3/c14-6-1-2-7(15)10(5-6)20-9-4-3-8(16)12(17)11(9)13(18)19/h1-5H,17H2,(H,18,19). The van der Waals surface area contributed by atoms with Gasteiger partial charge in [0.2, 0.25) is 0 Å². The molecule has 3 N–H and O–H groups in total. The molecule has 0 aromatic heterocycles. The molecular weight excluding hydrogens is 353 g/mol. The third kappa shape index (κ3) is 2.86. The SMILES string of the molecule is Nc1c(F)ccc(Oc2cc(Br)ccc2Cl)c1C(=O)O. The third-order valence-corrected chi connectivity index (χ3v) is 3.29. The van der Waals surface area contributed by atoms with Crippen molar-refractivity contribution in [2.24, 2.45) is 0 Å². The first-order valence-corrected chi connectivity index (χ1v) is 6.51. The van der Waals surface area contributed by atoms with Gasteiger partial charge in [-0.2, -0.15) is 0 Å². The summed E-state index contributed by atoms with van der Waals surface area (Å²) >= 11 is 9.19. The van der Waals surface area contributed by atoms with Crippen molar-refractivity contribution in [3.63, 3.8) is 0 Å². The molecule has 0 bridgehead atoms. The van der Waals surface area contributed by atoms with Crippen LogP contribution in [0.25, 0.3) is 0 Å². The molecule has 0 spiro atoms. The number of ether oxygens (including phenoxy) is 1. The predicted molar refractivity (Wildman–Crippen MR) is 77.0 cm³/mol. The Morgan fingerprint density at radius 1 is 1.30 bits per heavy atom. The van der Waals surface area contributed by atoms with Crippen molar-refractivity contribution in [1.82, 2.24) is 0 Å². The Morgan fingerprint density at radius 3 is 2.65 bits per heavy atom. The zero-order valence-corrected chi connectivity index (χ0v) is 12.2. The van der Waals surface area contributed by atoms with Crippen molar-refractivity contribution in [2.45, 2.75) is 0 Å². The number of rotatable bonds is 3. The maximum atomic E-state index is 13.3. The molecule has 2 rings (SSSR count). The van der Waals surface area contributed by atoms with Gasteiger partial charge in [-0.05, 0) is 30.3 Å². The molecule has 20 heavy (non-hydrogen) atoms. The van der Waals surface area contributed by atoms with Crippen LogP contribution < -0.4 is 10.5 Å². The summed E-state index contributed by atoms with van der Waals surface area (Å²) in [6, 6.07) is 7.06. The van der Waals surface area contributed by atoms with Crippen LogP contribution in [0.3, 0.4) is 0 Å². The van der Waals surface area contributed by atoms with E-state index < -0.39 is 23.0 Å². The number of aromatic carboxylic acids is 1. The minimum Gasteiger partial charge on any atom is -0.477 e. The van der Waals surface area contributed by atoms with Crippen molar-refractivity contribution >= 4 is 39.2 Å². The van der Waals surface area contributed by atoms with E-state index in [1.807, 2.05) is 0 Å². The van der Waals surface area contributed by atoms with Gasteiger partial charge < -0.3 is 15.6 Å². The first kappa shape index (κ1) is 14.6. The van der Waals surface area contributed by atoms with Gasteiger partial charge >= 0.3 is 5.97 Å². The Kier molecular flexibility index (Phi) is 4.15. The molecule has 0 aliphatic rings. The minimum atomic E-state index is -1.39. The van der Waals surface area contributed by atoms with Crippen molar-refractivity contribution in [2.75, 3.05) is 5.73 Å². The molecule has 104 valence electrons. The first-order valence-electron chi connectivity index (χ1n) is 5.34. The van der Waals surface area contributed by atoms with E-state index >= 15 is 0 Å². The number of nitrogen functional groups attached to an aromatic ring is 1. The summed E-state index contributed by atoms with van der Waals surface area (Å²) in [4.78, 5) is 11.2. The summed E-state index contributed by atoms with van der Waals surface area (Å²) in [5.74, 6) is -2.07. The second-order valence-electron chi connectivity index (χ2n) is 3.82. The lowest BCUT2D eigenvalue weighted by Gasteiger charge is -2.12. The maximum absolute atomic E-state index is 13.3. The fraction of sp³-hybridized carbons (Fsp3) is 0. The van der Waals surface area contributed by atoms with Crippen LogP contribution >= 0.6 is 27.5 Å². The van der Waals surface area contributed by atoms with Gasteiger partial charge in [0.1, 0.15) is 22.9 Å². The molecule has 0 aliphatic carbocycles. The molecule has 0 fully saturated rings. The van der Waals surface area contributed by atoms with E-state index in [0.29, 0.717) is 4.47 Å². The Bertz CT molecular complexity index is 694. The van der Waals surface area contributed by atoms with Crippen LogP contribution in [0.15, 0.2) is 34.8 Å². The molecular formula is C13H8BrClFNO3. The van der Waals surface area contributed by atoms with Gasteiger partial charge in [0.05, 0.1) is 10.7 Å². The van der Waals surface area contributed by atoms with Crippen molar-refractivity contribution in [1.29, 1.82) is 0 Å². The van der Waals surface area contributed by atoms with E-state index in [1.165, 1.54) is 6.07 Å². The molecule has 0 heterocycles. The number of carboxylic acid groups (broad SMARTS) is 1. The summed E-state index contributed by atoms with van der Waals surface area (Å²) in [6.07, 6.45) is 0. The highest BCUT2D eigenvalue weighted by molar-refractivity contribution is 9.10. The van der Waals surface area contributed by atoms with E-state index in [2.05, 4.69) is 15.9 Å². The lowest BCUT2D eigenvalue weighted by molar-refractivity contribution is 0.0695. The van der Waals surface area contributed by atoms with E-state index in [1.54, 1.807) is 18.2 Å². The van der Waals surface area contributed by atoms with Crippen molar-refractivity contribution in [3.05, 3.63) is 51.2 Å². The topological polar surface area (TPSA) is 72.5 Å². The maximum Gasteiger partial charge on any atom is 0.341 e. The summed E-state index contributed by atoms with van der Waals surface area (Å²) in [6.45, 7) is 0. The highest BCUT2D eigenvalue weighted by atomic mass is 79.9. The number of halogens is 3. The summed E-state index contributed by atoms with van der Waals surface area (Å²) in [7, 11) is 0. The third-order valence-electron chi connectivity index (χ3n) is 2.48. The van der Waals surface area contributed by atoms with Gasteiger partial charge in [0.15, 0.2) is 0 Å². The van der Waals surface area contributed by atoms with Gasteiger partial charge in [0.25, 0.3) is 0 Å². The molecule has 0 saturated heterocycles. The quantitative estimate of drug-likeness (QED) is 0.800. The fourth-order valence-corrected chi connectivity index (χ4v) is 2.05. The molecule has 4 nitrogen and oxygen atoms in total. The zero-order chi connectivity index (χ0) is 14.9. The molecule has 0 atom stereocenters. The second-order valence-corrected chi connectivity index (χ2v) is 5.14. The monoisotopic (exact) mass is 359 g/mol. The van der Waals surface area contributed by atoms with Crippen LogP contribution in [-0.4, -0.2) is 11.1 Å². The molecule has 0 amide bonds. The Labute approximate surface area is 127 Å². The Morgan fingerprint density at radius 2 is 2.00 bits per heavy atom. The predicted octanol–water partition coefficient (Wildman–Crippen LogP) is 4.31. The largest absolute Gasteiger partial charge is 0.477 e. The second kappa shape index (κ2) is 5.68. The fourth-order valence-electron chi connectivity index (χ4n) is 1.55. The lowest BCUT2D eigenvalue weighted by atomic mass is 10.1. The van der Waals surface area contributed by atoms with Gasteiger partial charge in [-0.3, -0.25) is 0 Å². The molecule has 2 aromatic rings. The van der Waals surface area contributed by atoms with Crippen LogP contribution in [0.5, 0.6) is 11.5 Å². The average molecular weight is 361 g/mol. The van der Waals surface area contributed by atoms with E-state index in [9.17, 15) is 9.18 Å². The number of carbonyl (C=O) groups is 1. The summed E-state index contributed by atoms with van der Waals surface area (Å²) in [5, 5.41) is 9.39. The van der Waals surface area contributed by atoms with Gasteiger partial charge in [-0.15, -0.1) is 0 Å². The van der Waals surface area contributed by atoms with Gasteiger partial charge in [-0.1, -0.05) is 27.5 Å². The highest BCUT2D eigenvalue weighted by Crippen LogP contribution is 2.35. The first-order chi connectivity index (χ1) is 9.40. The molecule has 2 aromatic carbocycles. The van der Waals surface area contributed by atoms with Crippen LogP contribution in [0.4, 0.5) is 10.1 Å². The van der Waals surface area contributed by atoms with Crippen molar-refractivity contribution < 1.29 is 19.0 Å². The van der Waals surface area contributed by atoms with Crippen LogP contribution in [0.1, 0.15) is 10.4 Å². The number of carboxylic acids is 1. The number of anilines is 1. The molecule has 0 saturated carbocycles. The van der Waals surface area contributed by atoms with Crippen LogP contribution in [0.2, 0.25) is 5.02 Å². The average Bonchev–Trinajstić information content (AvgIpc) is 2.38. The molecule has 0 radical (unpaired) electrons. The normalized spacial score (nSPS) is 10.3. The lowest BCUT2D eigenvalue weighted by Crippen LogP contribution is -2.07. The number of benzene rings is 2. The number of hydrogen-bond acceptors (Lipinski definition) is 3. The van der Waals surface area contributed by atoms with Gasteiger partial charge in [0, 0.05) is 4.47 Å². The molecule has 0 aliphatic heterocycles. The Balaban J connectivity index is 2.51. The number of nitrogens with two attached hydrogens (primary N) is 1. The molecule has 0 unspecified atom stereocenters. The zero-order valence-electron chi connectivity index (χ0n) is 9.86. The Hall–Kier alpha value is -1.79. The van der Waals surface area contributed by atoms with E-state index in [-0.39, 0.29) is 16.5 Å². The minimum absolute atomic E-state index is 0.0867. The van der Waals surface area contributed by atoms with Crippen molar-refractivity contribution in [3.8, 4) is 11.5 Å². The van der Waals surface area contributed by atoms with Crippen LogP contribution in [-0.2, 0) is 0 Å². The number of hydrogen-bond donors (Lipinski definition) is 2.